The number of carbonyl (C=O) groups is 1. The van der Waals surface area contributed by atoms with E-state index in [1.54, 1.807) is 25.1 Å². The Morgan fingerprint density at radius 3 is 2.47 bits per heavy atom. The molecule has 0 aliphatic carbocycles. The maximum Gasteiger partial charge on any atom is 0.416 e. The Bertz CT molecular complexity index is 1120. The van der Waals surface area contributed by atoms with Crippen LogP contribution in [0.2, 0.25) is 5.02 Å². The summed E-state index contributed by atoms with van der Waals surface area (Å²) in [6.45, 7) is 1.69. The topological polar surface area (TPSA) is 57.7 Å². The molecule has 2 amide bonds. The molecule has 0 aromatic heterocycles. The predicted octanol–water partition coefficient (Wildman–Crippen LogP) is 4.28. The van der Waals surface area contributed by atoms with Crippen molar-refractivity contribution in [1.82, 2.24) is 4.90 Å². The Labute approximate surface area is 177 Å². The first-order valence-corrected chi connectivity index (χ1v) is 11.4. The third-order valence-electron chi connectivity index (χ3n) is 5.52. The summed E-state index contributed by atoms with van der Waals surface area (Å²) >= 11 is 6.19. The zero-order chi connectivity index (χ0) is 21.8. The number of sulfone groups is 1. The monoisotopic (exact) mass is 458 g/mol. The summed E-state index contributed by atoms with van der Waals surface area (Å²) in [5, 5.41) is 0.439. The minimum Gasteiger partial charge on any atom is -0.314 e. The molecule has 0 saturated carbocycles. The normalized spacial score (nSPS) is 23.2. The van der Waals surface area contributed by atoms with Crippen molar-refractivity contribution in [1.29, 1.82) is 0 Å². The molecular weight excluding hydrogens is 441 g/mol. The van der Waals surface area contributed by atoms with Crippen molar-refractivity contribution in [3.63, 3.8) is 0 Å². The van der Waals surface area contributed by atoms with Crippen LogP contribution in [0.25, 0.3) is 0 Å². The summed E-state index contributed by atoms with van der Waals surface area (Å²) in [6.07, 6.45) is -4.51. The summed E-state index contributed by atoms with van der Waals surface area (Å²) in [6, 6.07) is 8.03. The second-order valence-corrected chi connectivity index (χ2v) is 10.2. The van der Waals surface area contributed by atoms with Crippen LogP contribution in [-0.4, -0.2) is 42.9 Å². The van der Waals surface area contributed by atoms with Gasteiger partial charge in [-0.1, -0.05) is 29.8 Å². The van der Waals surface area contributed by atoms with Crippen LogP contribution in [0.4, 0.5) is 23.7 Å². The van der Waals surface area contributed by atoms with Gasteiger partial charge in [0.25, 0.3) is 0 Å². The quantitative estimate of drug-likeness (QED) is 0.645. The third-order valence-corrected chi connectivity index (χ3v) is 7.62. The number of urea groups is 1. The molecule has 0 spiro atoms. The molecule has 0 N–H and O–H groups in total. The maximum atomic E-state index is 13.2. The second-order valence-electron chi connectivity index (χ2n) is 7.62. The van der Waals surface area contributed by atoms with Crippen LogP contribution in [0.3, 0.4) is 0 Å². The van der Waals surface area contributed by atoms with Gasteiger partial charge in [0.15, 0.2) is 9.84 Å². The van der Waals surface area contributed by atoms with Crippen LogP contribution in [0, 0.1) is 6.92 Å². The van der Waals surface area contributed by atoms with Crippen LogP contribution >= 0.6 is 11.6 Å². The van der Waals surface area contributed by atoms with Crippen LogP contribution < -0.4 is 4.90 Å². The lowest BCUT2D eigenvalue weighted by Gasteiger charge is -2.23. The molecule has 2 heterocycles. The number of fused-ring (bicyclic) bond motifs is 1. The van der Waals surface area contributed by atoms with E-state index >= 15 is 0 Å². The number of carbonyl (C=O) groups excluding carboxylic acids is 1. The van der Waals surface area contributed by atoms with Gasteiger partial charge in [-0.2, -0.15) is 13.2 Å². The van der Waals surface area contributed by atoms with E-state index in [0.29, 0.717) is 10.7 Å². The molecule has 2 aromatic carbocycles. The molecule has 2 aliphatic rings. The van der Waals surface area contributed by atoms with Gasteiger partial charge in [-0.3, -0.25) is 4.90 Å². The second kappa shape index (κ2) is 7.16. The minimum atomic E-state index is -4.51. The smallest absolute Gasteiger partial charge is 0.314 e. The van der Waals surface area contributed by atoms with Gasteiger partial charge in [-0.25, -0.2) is 13.2 Å². The highest BCUT2D eigenvalue weighted by Crippen LogP contribution is 2.37. The average Bonchev–Trinajstić information content (AvgIpc) is 3.08. The Balaban J connectivity index is 1.70. The Kier molecular flexibility index (Phi) is 5.01. The molecule has 2 atom stereocenters. The zero-order valence-corrected chi connectivity index (χ0v) is 17.4. The largest absolute Gasteiger partial charge is 0.416 e. The van der Waals surface area contributed by atoms with Crippen molar-refractivity contribution in [3.05, 3.63) is 64.2 Å². The number of alkyl halides is 3. The lowest BCUT2D eigenvalue weighted by atomic mass is 10.1. The van der Waals surface area contributed by atoms with E-state index in [9.17, 15) is 26.4 Å². The Morgan fingerprint density at radius 1 is 1.10 bits per heavy atom. The van der Waals surface area contributed by atoms with Crippen LogP contribution in [-0.2, 0) is 22.6 Å². The number of halogens is 4. The third kappa shape index (κ3) is 3.76. The number of rotatable bonds is 3. The van der Waals surface area contributed by atoms with E-state index in [4.69, 9.17) is 11.6 Å². The summed E-state index contributed by atoms with van der Waals surface area (Å²) in [5.41, 5.74) is 0.743. The SMILES string of the molecule is Cc1ccc(N2C(=O)N(Cc3cccc(C(F)(F)F)c3)[C@@H]3CS(=O)(=O)C[C@@H]32)cc1Cl. The van der Waals surface area contributed by atoms with E-state index in [1.165, 1.54) is 21.9 Å². The zero-order valence-electron chi connectivity index (χ0n) is 15.9. The molecule has 5 nitrogen and oxygen atoms in total. The Morgan fingerprint density at radius 2 is 1.80 bits per heavy atom. The minimum absolute atomic E-state index is 0.116. The van der Waals surface area contributed by atoms with Crippen molar-refractivity contribution in [3.8, 4) is 0 Å². The van der Waals surface area contributed by atoms with Crippen molar-refractivity contribution >= 4 is 33.2 Å². The lowest BCUT2D eigenvalue weighted by molar-refractivity contribution is -0.137. The maximum absolute atomic E-state index is 13.2. The van der Waals surface area contributed by atoms with Gasteiger partial charge >= 0.3 is 12.2 Å². The summed E-state index contributed by atoms with van der Waals surface area (Å²) in [4.78, 5) is 15.9. The highest BCUT2D eigenvalue weighted by Gasteiger charge is 2.53. The fourth-order valence-electron chi connectivity index (χ4n) is 4.04. The fraction of sp³-hybridized carbons (Fsp3) is 0.350. The predicted molar refractivity (Wildman–Crippen MR) is 107 cm³/mol. The summed E-state index contributed by atoms with van der Waals surface area (Å²) in [5.74, 6) is -0.424. The van der Waals surface area contributed by atoms with Crippen molar-refractivity contribution < 1.29 is 26.4 Å². The molecular formula is C20H18ClF3N2O3S. The fourth-order valence-corrected chi connectivity index (χ4v) is 6.16. The van der Waals surface area contributed by atoms with Crippen molar-refractivity contribution in [2.24, 2.45) is 0 Å². The number of amides is 2. The summed E-state index contributed by atoms with van der Waals surface area (Å²) in [7, 11) is -3.39. The van der Waals surface area contributed by atoms with E-state index < -0.39 is 39.7 Å². The molecule has 2 aromatic rings. The molecule has 10 heteroatoms. The van der Waals surface area contributed by atoms with Crippen LogP contribution in [0.15, 0.2) is 42.5 Å². The van der Waals surface area contributed by atoms with Gasteiger partial charge in [-0.05, 0) is 42.3 Å². The molecule has 0 unspecified atom stereocenters. The van der Waals surface area contributed by atoms with Gasteiger partial charge in [-0.15, -0.1) is 0 Å². The first-order valence-electron chi connectivity index (χ1n) is 9.19. The van der Waals surface area contributed by atoms with Crippen LogP contribution in [0.1, 0.15) is 16.7 Å². The lowest BCUT2D eigenvalue weighted by Crippen LogP contribution is -2.37. The van der Waals surface area contributed by atoms with Gasteiger partial charge in [0, 0.05) is 17.3 Å². The van der Waals surface area contributed by atoms with Crippen molar-refractivity contribution in [2.45, 2.75) is 31.7 Å². The number of nitrogens with zero attached hydrogens (tertiary/aromatic N) is 2. The molecule has 160 valence electrons. The molecule has 2 saturated heterocycles. The number of anilines is 1. The molecule has 4 rings (SSSR count). The Hall–Kier alpha value is -2.26. The highest BCUT2D eigenvalue weighted by molar-refractivity contribution is 7.91. The van der Waals surface area contributed by atoms with Crippen LogP contribution in [0.5, 0.6) is 0 Å². The molecule has 30 heavy (non-hydrogen) atoms. The van der Waals surface area contributed by atoms with Crippen molar-refractivity contribution in [2.75, 3.05) is 16.4 Å². The first-order chi connectivity index (χ1) is 14.0. The van der Waals surface area contributed by atoms with E-state index in [2.05, 4.69) is 0 Å². The molecule has 2 aliphatic heterocycles. The van der Waals surface area contributed by atoms with Gasteiger partial charge in [0.1, 0.15) is 0 Å². The van der Waals surface area contributed by atoms with E-state index in [-0.39, 0.29) is 23.6 Å². The number of aryl methyl sites for hydroxylation is 1. The van der Waals surface area contributed by atoms with Gasteiger partial charge in [0.05, 0.1) is 29.2 Å². The molecule has 0 radical (unpaired) electrons. The molecule has 0 bridgehead atoms. The highest BCUT2D eigenvalue weighted by atomic mass is 35.5. The number of benzene rings is 2. The van der Waals surface area contributed by atoms with E-state index in [1.807, 2.05) is 0 Å². The first kappa shape index (κ1) is 21.0. The standard InChI is InChI=1S/C20H18ClF3N2O3S/c1-12-5-6-15(8-16(12)21)26-18-11-30(28,29)10-17(18)25(19(26)27)9-13-3-2-4-14(7-13)20(22,23)24/h2-8,17-18H,9-11H2,1H3/t17-,18+/m1/s1. The van der Waals surface area contributed by atoms with Gasteiger partial charge in [0.2, 0.25) is 0 Å². The molecule has 2 fully saturated rings. The number of hydrogen-bond donors (Lipinski definition) is 0. The number of hydrogen-bond acceptors (Lipinski definition) is 3. The average molecular weight is 459 g/mol. The summed E-state index contributed by atoms with van der Waals surface area (Å²) < 4.78 is 63.7. The van der Waals surface area contributed by atoms with Gasteiger partial charge < -0.3 is 4.90 Å². The van der Waals surface area contributed by atoms with E-state index in [0.717, 1.165) is 17.7 Å².